The normalized spacial score (nSPS) is 22.2. The van der Waals surface area contributed by atoms with Gasteiger partial charge in [-0.2, -0.15) is 0 Å². The molecule has 0 aliphatic heterocycles. The number of hydrogen-bond acceptors (Lipinski definition) is 4. The summed E-state index contributed by atoms with van der Waals surface area (Å²) in [6, 6.07) is 5.54. The molecule has 1 fully saturated rings. The number of nitrogens with one attached hydrogen (secondary N) is 1. The number of nitrogens with two attached hydrogens (primary N) is 1. The average molecular weight is 297 g/mol. The second-order valence-electron chi connectivity index (χ2n) is 4.75. The Kier molecular flexibility index (Phi) is 3.12. The molecule has 4 nitrogen and oxygen atoms in total. The van der Waals surface area contributed by atoms with Gasteiger partial charge in [-0.15, -0.1) is 11.3 Å². The highest BCUT2D eigenvalue weighted by Gasteiger charge is 2.29. The quantitative estimate of drug-likeness (QED) is 0.796. The van der Waals surface area contributed by atoms with Crippen LogP contribution in [0.2, 0.25) is 5.02 Å². The van der Waals surface area contributed by atoms with E-state index in [-0.39, 0.29) is 18.1 Å². The second-order valence-corrected chi connectivity index (χ2v) is 6.21. The first-order valence-electron chi connectivity index (χ1n) is 6.01. The van der Waals surface area contributed by atoms with Crippen molar-refractivity contribution in [3.05, 3.63) is 28.1 Å². The minimum absolute atomic E-state index is 0.0441. The fourth-order valence-electron chi connectivity index (χ4n) is 2.25. The first-order chi connectivity index (χ1) is 9.06. The van der Waals surface area contributed by atoms with Gasteiger partial charge in [-0.25, -0.2) is 0 Å². The van der Waals surface area contributed by atoms with Crippen molar-refractivity contribution in [3.63, 3.8) is 0 Å². The summed E-state index contributed by atoms with van der Waals surface area (Å²) in [5.74, 6) is -0.188. The highest BCUT2D eigenvalue weighted by Crippen LogP contribution is 2.38. The van der Waals surface area contributed by atoms with Crippen molar-refractivity contribution in [1.29, 1.82) is 0 Å². The van der Waals surface area contributed by atoms with E-state index in [0.29, 0.717) is 28.4 Å². The SMILES string of the molecule is Nc1c(C(=O)NC2CC(O)C2)sc2cccc(Cl)c12. The number of hydrogen-bond donors (Lipinski definition) is 3. The summed E-state index contributed by atoms with van der Waals surface area (Å²) in [4.78, 5) is 12.6. The van der Waals surface area contributed by atoms with Crippen molar-refractivity contribution in [3.8, 4) is 0 Å². The molecule has 6 heteroatoms. The van der Waals surface area contributed by atoms with E-state index in [1.807, 2.05) is 12.1 Å². The predicted octanol–water partition coefficient (Wildman–Crippen LogP) is 2.39. The number of carbonyl (C=O) groups is 1. The fraction of sp³-hybridized carbons (Fsp3) is 0.308. The lowest BCUT2D eigenvalue weighted by atomic mass is 9.89. The maximum Gasteiger partial charge on any atom is 0.263 e. The van der Waals surface area contributed by atoms with Crippen LogP contribution in [0.15, 0.2) is 18.2 Å². The molecule has 0 saturated heterocycles. The van der Waals surface area contributed by atoms with E-state index in [1.54, 1.807) is 6.07 Å². The summed E-state index contributed by atoms with van der Waals surface area (Å²) < 4.78 is 0.906. The number of fused-ring (bicyclic) bond motifs is 1. The van der Waals surface area contributed by atoms with E-state index in [2.05, 4.69) is 5.32 Å². The van der Waals surface area contributed by atoms with E-state index in [0.717, 1.165) is 10.1 Å². The van der Waals surface area contributed by atoms with E-state index in [1.165, 1.54) is 11.3 Å². The smallest absolute Gasteiger partial charge is 0.263 e. The van der Waals surface area contributed by atoms with Crippen LogP contribution in [0.3, 0.4) is 0 Å². The summed E-state index contributed by atoms with van der Waals surface area (Å²) in [5.41, 5.74) is 6.45. The number of rotatable bonds is 2. The van der Waals surface area contributed by atoms with Gasteiger partial charge < -0.3 is 16.2 Å². The lowest BCUT2D eigenvalue weighted by molar-refractivity contribution is 0.0565. The molecule has 1 saturated carbocycles. The molecule has 100 valence electrons. The Morgan fingerprint density at radius 2 is 2.21 bits per heavy atom. The van der Waals surface area contributed by atoms with Crippen molar-refractivity contribution in [2.75, 3.05) is 5.73 Å². The summed E-state index contributed by atoms with van der Waals surface area (Å²) in [6.45, 7) is 0. The summed E-state index contributed by atoms with van der Waals surface area (Å²) in [7, 11) is 0. The van der Waals surface area contributed by atoms with Crippen LogP contribution in [-0.2, 0) is 0 Å². The molecule has 1 aromatic heterocycles. The molecule has 3 rings (SSSR count). The first kappa shape index (κ1) is 12.7. The number of benzene rings is 1. The highest BCUT2D eigenvalue weighted by atomic mass is 35.5. The number of aliphatic hydroxyl groups is 1. The number of thiophene rings is 1. The Morgan fingerprint density at radius 1 is 1.47 bits per heavy atom. The molecule has 2 aromatic rings. The molecular weight excluding hydrogens is 284 g/mol. The van der Waals surface area contributed by atoms with Crippen LogP contribution in [0.25, 0.3) is 10.1 Å². The Balaban J connectivity index is 1.90. The summed E-state index contributed by atoms with van der Waals surface area (Å²) >= 11 is 7.45. The molecule has 0 spiro atoms. The molecule has 1 heterocycles. The Labute approximate surface area is 119 Å². The minimum Gasteiger partial charge on any atom is -0.397 e. The third-order valence-electron chi connectivity index (χ3n) is 3.36. The van der Waals surface area contributed by atoms with Crippen LogP contribution in [0.1, 0.15) is 22.5 Å². The molecule has 1 aliphatic carbocycles. The monoisotopic (exact) mass is 296 g/mol. The van der Waals surface area contributed by atoms with Gasteiger partial charge in [0.05, 0.1) is 16.8 Å². The van der Waals surface area contributed by atoms with E-state index in [9.17, 15) is 9.90 Å². The molecule has 0 atom stereocenters. The maximum atomic E-state index is 12.2. The number of amides is 1. The number of halogens is 1. The number of carbonyl (C=O) groups excluding carboxylic acids is 1. The minimum atomic E-state index is -0.292. The van der Waals surface area contributed by atoms with Crippen LogP contribution >= 0.6 is 22.9 Å². The predicted molar refractivity (Wildman–Crippen MR) is 77.7 cm³/mol. The topological polar surface area (TPSA) is 75.4 Å². The number of anilines is 1. The standard InChI is InChI=1S/C13H13ClN2O2S/c14-8-2-1-3-9-10(8)11(15)12(19-9)13(18)16-6-4-7(17)5-6/h1-3,6-7,17H,4-5,15H2,(H,16,18). The van der Waals surface area contributed by atoms with E-state index < -0.39 is 0 Å². The summed E-state index contributed by atoms with van der Waals surface area (Å²) in [5, 5.41) is 13.4. The Bertz CT molecular complexity index is 649. The number of nitrogen functional groups attached to an aromatic ring is 1. The molecule has 1 amide bonds. The molecule has 0 unspecified atom stereocenters. The van der Waals surface area contributed by atoms with Gasteiger partial charge in [0.2, 0.25) is 0 Å². The van der Waals surface area contributed by atoms with Crippen LogP contribution in [0.4, 0.5) is 5.69 Å². The number of aliphatic hydroxyl groups excluding tert-OH is 1. The molecule has 0 radical (unpaired) electrons. The Morgan fingerprint density at radius 3 is 2.84 bits per heavy atom. The van der Waals surface area contributed by atoms with Crippen molar-refractivity contribution in [2.45, 2.75) is 25.0 Å². The van der Waals surface area contributed by atoms with Gasteiger partial charge in [0.1, 0.15) is 4.88 Å². The van der Waals surface area contributed by atoms with Crippen molar-refractivity contribution < 1.29 is 9.90 Å². The van der Waals surface area contributed by atoms with Crippen LogP contribution in [0, 0.1) is 0 Å². The molecule has 1 aromatic carbocycles. The van der Waals surface area contributed by atoms with Crippen molar-refractivity contribution >= 4 is 44.6 Å². The van der Waals surface area contributed by atoms with Gasteiger partial charge in [0.25, 0.3) is 5.91 Å². The van der Waals surface area contributed by atoms with Crippen LogP contribution in [-0.4, -0.2) is 23.2 Å². The van der Waals surface area contributed by atoms with Crippen molar-refractivity contribution in [1.82, 2.24) is 5.32 Å². The van der Waals surface area contributed by atoms with Gasteiger partial charge in [-0.1, -0.05) is 17.7 Å². The van der Waals surface area contributed by atoms with Gasteiger partial charge in [0.15, 0.2) is 0 Å². The summed E-state index contributed by atoms with van der Waals surface area (Å²) in [6.07, 6.45) is 0.925. The second kappa shape index (κ2) is 4.67. The zero-order valence-electron chi connectivity index (χ0n) is 10.0. The maximum absolute atomic E-state index is 12.2. The van der Waals surface area contributed by atoms with E-state index >= 15 is 0 Å². The molecule has 19 heavy (non-hydrogen) atoms. The first-order valence-corrected chi connectivity index (χ1v) is 7.21. The van der Waals surface area contributed by atoms with Crippen molar-refractivity contribution in [2.24, 2.45) is 0 Å². The molecule has 4 N–H and O–H groups in total. The third-order valence-corrected chi connectivity index (χ3v) is 4.84. The van der Waals surface area contributed by atoms with Crippen LogP contribution in [0.5, 0.6) is 0 Å². The third kappa shape index (κ3) is 2.18. The largest absolute Gasteiger partial charge is 0.397 e. The van der Waals surface area contributed by atoms with Gasteiger partial charge >= 0.3 is 0 Å². The van der Waals surface area contributed by atoms with E-state index in [4.69, 9.17) is 17.3 Å². The van der Waals surface area contributed by atoms with Crippen LogP contribution < -0.4 is 11.1 Å². The molecular formula is C13H13ClN2O2S. The Hall–Kier alpha value is -1.30. The molecule has 0 bridgehead atoms. The lowest BCUT2D eigenvalue weighted by Crippen LogP contribution is -2.46. The molecule has 1 aliphatic rings. The van der Waals surface area contributed by atoms with Gasteiger partial charge in [0, 0.05) is 16.1 Å². The van der Waals surface area contributed by atoms with Gasteiger partial charge in [-0.3, -0.25) is 4.79 Å². The fourth-order valence-corrected chi connectivity index (χ4v) is 3.64. The highest BCUT2D eigenvalue weighted by molar-refractivity contribution is 7.21. The zero-order chi connectivity index (χ0) is 13.6. The lowest BCUT2D eigenvalue weighted by Gasteiger charge is -2.31. The average Bonchev–Trinajstić information content (AvgIpc) is 2.66. The van der Waals surface area contributed by atoms with Gasteiger partial charge in [-0.05, 0) is 25.0 Å². The zero-order valence-corrected chi connectivity index (χ0v) is 11.6.